The van der Waals surface area contributed by atoms with Gasteiger partial charge in [-0.05, 0) is 25.9 Å². The van der Waals surface area contributed by atoms with E-state index in [1.165, 1.54) is 17.0 Å². The molecule has 2 atom stereocenters. The average Bonchev–Trinajstić information content (AvgIpc) is 2.94. The van der Waals surface area contributed by atoms with Gasteiger partial charge < -0.3 is 10.0 Å². The van der Waals surface area contributed by atoms with Crippen LogP contribution in [0.15, 0.2) is 0 Å². The van der Waals surface area contributed by atoms with Gasteiger partial charge in [-0.25, -0.2) is 4.79 Å². The zero-order valence-electron chi connectivity index (χ0n) is 15.0. The normalized spacial score (nSPS) is 18.3. The van der Waals surface area contributed by atoms with Crippen LogP contribution in [0.4, 0.5) is 0 Å². The summed E-state index contributed by atoms with van der Waals surface area (Å²) < 4.78 is 0. The Labute approximate surface area is 142 Å². The first kappa shape index (κ1) is 19.9. The number of hydrogen-bond donors (Lipinski definition) is 1. The fourth-order valence-corrected chi connectivity index (χ4v) is 2.72. The largest absolute Gasteiger partial charge is 0.480 e. The molecule has 24 heavy (non-hydrogen) atoms. The van der Waals surface area contributed by atoms with Gasteiger partial charge in [-0.1, -0.05) is 19.8 Å². The molecule has 0 aliphatic carbocycles. The van der Waals surface area contributed by atoms with E-state index in [1.807, 2.05) is 19.0 Å². The van der Waals surface area contributed by atoms with Crippen LogP contribution in [0.5, 0.6) is 0 Å². The van der Waals surface area contributed by atoms with Gasteiger partial charge >= 0.3 is 5.97 Å². The Bertz CT molecular complexity index is 550. The van der Waals surface area contributed by atoms with Gasteiger partial charge in [0.15, 0.2) is 6.04 Å². The Morgan fingerprint density at radius 1 is 1.33 bits per heavy atom. The van der Waals surface area contributed by atoms with Crippen LogP contribution in [0.25, 0.3) is 0 Å². The summed E-state index contributed by atoms with van der Waals surface area (Å²) in [5.41, 5.74) is 0. The molecule has 1 aliphatic rings. The maximum absolute atomic E-state index is 12.5. The molecule has 134 valence electrons. The van der Waals surface area contributed by atoms with Crippen molar-refractivity contribution in [3.63, 3.8) is 0 Å². The summed E-state index contributed by atoms with van der Waals surface area (Å²) in [5, 5.41) is 10.5. The first-order chi connectivity index (χ1) is 11.1. The molecule has 1 aliphatic heterocycles. The van der Waals surface area contributed by atoms with Gasteiger partial charge in [0.1, 0.15) is 4.87 Å². The van der Waals surface area contributed by atoms with E-state index >= 15 is 0 Å². The number of carboxylic acids is 1. The van der Waals surface area contributed by atoms with E-state index in [2.05, 4.69) is 11.8 Å². The quantitative estimate of drug-likeness (QED) is 0.413. The lowest BCUT2D eigenvalue weighted by atomic mass is 10.0. The molecule has 0 saturated carbocycles. The summed E-state index contributed by atoms with van der Waals surface area (Å²) in [5.74, 6) is 3.81. The van der Waals surface area contributed by atoms with Crippen molar-refractivity contribution in [1.29, 1.82) is 0 Å². The lowest BCUT2D eigenvalue weighted by Crippen LogP contribution is -2.50. The van der Waals surface area contributed by atoms with Crippen molar-refractivity contribution in [1.82, 2.24) is 14.8 Å². The van der Waals surface area contributed by atoms with Crippen molar-refractivity contribution in [3.05, 3.63) is 4.91 Å². The standard InChI is InChI=1S/C16H26N4O4/c1-12(2)15(16(22)23)18(5)20(24)13-8-10-19(11-13)14(21)7-6-9-17(3)4/h12-13,15H,8-11H2,1-5H3/p+1/t13-,15-/m0/s1. The number of likely N-dealkylation sites (N-methyl/N-ethyl adjacent to an activating group) is 1. The molecular weight excluding hydrogens is 312 g/mol. The Kier molecular flexibility index (Phi) is 7.17. The monoisotopic (exact) mass is 339 g/mol. The number of aliphatic carboxylic acids is 1. The molecule has 1 amide bonds. The average molecular weight is 339 g/mol. The molecule has 0 aromatic heterocycles. The number of nitroso groups, excluding NO2 is 1. The fourth-order valence-electron chi connectivity index (χ4n) is 2.72. The second-order valence-electron chi connectivity index (χ2n) is 6.64. The fraction of sp³-hybridized carbons (Fsp3) is 0.750. The van der Waals surface area contributed by atoms with Gasteiger partial charge in [0, 0.05) is 13.0 Å². The summed E-state index contributed by atoms with van der Waals surface area (Å²) in [4.78, 5) is 39.9. The van der Waals surface area contributed by atoms with Crippen molar-refractivity contribution in [2.45, 2.75) is 32.4 Å². The number of likely N-dealkylation sites (tertiary alicyclic amines) is 1. The van der Waals surface area contributed by atoms with Crippen molar-refractivity contribution in [2.24, 2.45) is 5.92 Å². The summed E-state index contributed by atoms with van der Waals surface area (Å²) in [6.07, 6.45) is 0.499. The molecule has 0 spiro atoms. The smallest absolute Gasteiger partial charge is 0.332 e. The summed E-state index contributed by atoms with van der Waals surface area (Å²) in [6.45, 7) is 4.72. The number of carboxylic acid groups (broad SMARTS) is 1. The number of rotatable bonds is 6. The van der Waals surface area contributed by atoms with Crippen LogP contribution in [0, 0.1) is 22.7 Å². The van der Waals surface area contributed by atoms with E-state index in [9.17, 15) is 19.6 Å². The van der Waals surface area contributed by atoms with Crippen LogP contribution in [-0.2, 0) is 9.59 Å². The Morgan fingerprint density at radius 2 is 1.96 bits per heavy atom. The Hall–Kier alpha value is -2.14. The van der Waals surface area contributed by atoms with E-state index in [1.54, 1.807) is 13.8 Å². The van der Waals surface area contributed by atoms with Crippen LogP contribution in [0.2, 0.25) is 0 Å². The third-order valence-electron chi connectivity index (χ3n) is 3.95. The first-order valence-electron chi connectivity index (χ1n) is 7.99. The predicted molar refractivity (Wildman–Crippen MR) is 89.0 cm³/mol. The number of nitrogens with zero attached hydrogens (tertiary/aromatic N) is 4. The molecule has 8 nitrogen and oxygen atoms in total. The minimum Gasteiger partial charge on any atom is -0.480 e. The second-order valence-corrected chi connectivity index (χ2v) is 6.64. The topological polar surface area (TPSA) is 84.2 Å². The maximum Gasteiger partial charge on any atom is 0.332 e. The third kappa shape index (κ3) is 5.20. The van der Waals surface area contributed by atoms with Crippen molar-refractivity contribution in [2.75, 3.05) is 40.8 Å². The summed E-state index contributed by atoms with van der Waals surface area (Å²) >= 11 is 0. The van der Waals surface area contributed by atoms with Gasteiger partial charge in [0.25, 0.3) is 11.9 Å². The molecule has 0 aromatic rings. The molecule has 0 unspecified atom stereocenters. The first-order valence-corrected chi connectivity index (χ1v) is 7.99. The molecule has 8 heteroatoms. The highest BCUT2D eigenvalue weighted by molar-refractivity contribution is 5.93. The van der Waals surface area contributed by atoms with Gasteiger partial charge in [-0.3, -0.25) is 9.69 Å². The number of carbonyl (C=O) groups is 2. The van der Waals surface area contributed by atoms with Crippen LogP contribution in [0.1, 0.15) is 20.3 Å². The molecule has 0 aromatic carbocycles. The number of carbonyl (C=O) groups excluding carboxylic acids is 1. The van der Waals surface area contributed by atoms with Crippen molar-refractivity contribution < 1.29 is 19.6 Å². The zero-order chi connectivity index (χ0) is 18.4. The lowest BCUT2D eigenvalue weighted by Gasteiger charge is -2.22. The third-order valence-corrected chi connectivity index (χ3v) is 3.95. The number of hydrogen-bond acceptors (Lipinski definition) is 4. The SMILES string of the molecule is CC(C)[C@@H](C(=O)O)N(C)[N+](=O)[C@H]1CCN(C(=O)C#CCN(C)C)C1. The molecule has 1 fully saturated rings. The summed E-state index contributed by atoms with van der Waals surface area (Å²) in [6, 6.07) is -1.35. The molecular formula is C16H27N4O4+. The molecule has 1 rings (SSSR count). The van der Waals surface area contributed by atoms with Crippen LogP contribution >= 0.6 is 0 Å². The van der Waals surface area contributed by atoms with Crippen LogP contribution < -0.4 is 0 Å². The molecule has 1 saturated heterocycles. The molecule has 1 heterocycles. The number of hydrazine groups is 1. The van der Waals surface area contributed by atoms with Crippen molar-refractivity contribution in [3.8, 4) is 11.8 Å². The van der Waals surface area contributed by atoms with Gasteiger partial charge in [-0.15, -0.1) is 5.01 Å². The number of amides is 1. The molecule has 1 N–H and O–H groups in total. The Morgan fingerprint density at radius 3 is 2.46 bits per heavy atom. The maximum atomic E-state index is 12.5. The highest BCUT2D eigenvalue weighted by Gasteiger charge is 2.43. The summed E-state index contributed by atoms with van der Waals surface area (Å²) in [7, 11) is 5.21. The highest BCUT2D eigenvalue weighted by Crippen LogP contribution is 2.17. The van der Waals surface area contributed by atoms with Gasteiger partial charge in [0.2, 0.25) is 0 Å². The second kappa shape index (κ2) is 8.64. The Balaban J connectivity index is 2.67. The predicted octanol–water partition coefficient (Wildman–Crippen LogP) is -0.113. The van der Waals surface area contributed by atoms with Crippen LogP contribution in [-0.4, -0.2) is 89.5 Å². The van der Waals surface area contributed by atoms with Gasteiger partial charge in [0.05, 0.1) is 25.0 Å². The van der Waals surface area contributed by atoms with E-state index in [0.29, 0.717) is 24.4 Å². The van der Waals surface area contributed by atoms with Crippen LogP contribution in [0.3, 0.4) is 0 Å². The minimum absolute atomic E-state index is 0.208. The van der Waals surface area contributed by atoms with Crippen molar-refractivity contribution >= 4 is 11.9 Å². The zero-order valence-corrected chi connectivity index (χ0v) is 15.0. The molecule has 0 radical (unpaired) electrons. The van der Waals surface area contributed by atoms with E-state index in [-0.39, 0.29) is 18.4 Å². The molecule has 0 bridgehead atoms. The van der Waals surface area contributed by atoms with E-state index in [4.69, 9.17) is 0 Å². The lowest BCUT2D eigenvalue weighted by molar-refractivity contribution is -0.733. The van der Waals surface area contributed by atoms with E-state index in [0.717, 1.165) is 0 Å². The van der Waals surface area contributed by atoms with Gasteiger partial charge in [-0.2, -0.15) is 0 Å². The van der Waals surface area contributed by atoms with E-state index < -0.39 is 18.1 Å². The highest BCUT2D eigenvalue weighted by atomic mass is 16.4. The minimum atomic E-state index is -1.03.